The third-order valence-corrected chi connectivity index (χ3v) is 2.87. The lowest BCUT2D eigenvalue weighted by Crippen LogP contribution is -1.86. The Hall–Kier alpha value is -0.0800. The van der Waals surface area contributed by atoms with E-state index in [4.69, 9.17) is 11.6 Å². The van der Waals surface area contributed by atoms with Crippen LogP contribution in [0.1, 0.15) is 24.3 Å². The second kappa shape index (κ2) is 2.76. The van der Waals surface area contributed by atoms with Crippen molar-refractivity contribution in [3.63, 3.8) is 0 Å². The highest BCUT2D eigenvalue weighted by molar-refractivity contribution is 9.10. The van der Waals surface area contributed by atoms with E-state index in [1.54, 1.807) is 6.20 Å². The van der Waals surface area contributed by atoms with E-state index >= 15 is 0 Å². The number of hydrogen-bond donors (Lipinski definition) is 0. The highest BCUT2D eigenvalue weighted by Crippen LogP contribution is 2.45. The van der Waals surface area contributed by atoms with Crippen molar-refractivity contribution in [2.24, 2.45) is 0 Å². The maximum absolute atomic E-state index is 5.92. The Kier molecular flexibility index (Phi) is 1.90. The van der Waals surface area contributed by atoms with Gasteiger partial charge in [-0.3, -0.25) is 0 Å². The molecular formula is C8H7BrClN. The van der Waals surface area contributed by atoms with Crippen LogP contribution in [0, 0.1) is 0 Å². The molecule has 0 atom stereocenters. The van der Waals surface area contributed by atoms with Crippen LogP contribution in [0.25, 0.3) is 0 Å². The standard InChI is InChI=1S/C8H7BrClN/c9-6-3-4-11-8(10)7(6)5-1-2-5/h3-5H,1-2H2. The van der Waals surface area contributed by atoms with Gasteiger partial charge in [-0.05, 0) is 24.8 Å². The first kappa shape index (κ1) is 7.56. The van der Waals surface area contributed by atoms with E-state index in [0.717, 1.165) is 4.47 Å². The summed E-state index contributed by atoms with van der Waals surface area (Å²) in [5.74, 6) is 0.658. The highest BCUT2D eigenvalue weighted by Gasteiger charge is 2.28. The largest absolute Gasteiger partial charge is 0.244 e. The van der Waals surface area contributed by atoms with Crippen LogP contribution < -0.4 is 0 Å². The fraction of sp³-hybridized carbons (Fsp3) is 0.375. The molecule has 0 N–H and O–H groups in total. The molecule has 0 bridgehead atoms. The predicted octanol–water partition coefficient (Wildman–Crippen LogP) is 3.37. The van der Waals surface area contributed by atoms with Gasteiger partial charge in [-0.1, -0.05) is 27.5 Å². The van der Waals surface area contributed by atoms with Gasteiger partial charge in [0.05, 0.1) is 0 Å². The molecule has 1 nitrogen and oxygen atoms in total. The number of aromatic nitrogens is 1. The second-order valence-electron chi connectivity index (χ2n) is 2.77. The summed E-state index contributed by atoms with van der Waals surface area (Å²) in [5.41, 5.74) is 1.19. The highest BCUT2D eigenvalue weighted by atomic mass is 79.9. The van der Waals surface area contributed by atoms with E-state index in [1.165, 1.54) is 18.4 Å². The van der Waals surface area contributed by atoms with Crippen molar-refractivity contribution in [2.75, 3.05) is 0 Å². The fourth-order valence-corrected chi connectivity index (χ4v) is 2.22. The van der Waals surface area contributed by atoms with Crippen molar-refractivity contribution >= 4 is 27.5 Å². The van der Waals surface area contributed by atoms with Crippen molar-refractivity contribution in [3.05, 3.63) is 27.5 Å². The summed E-state index contributed by atoms with van der Waals surface area (Å²) in [7, 11) is 0. The molecule has 0 radical (unpaired) electrons. The van der Waals surface area contributed by atoms with Gasteiger partial charge in [0, 0.05) is 16.2 Å². The zero-order valence-corrected chi connectivity index (χ0v) is 8.19. The van der Waals surface area contributed by atoms with Crippen LogP contribution in [0.5, 0.6) is 0 Å². The Morgan fingerprint density at radius 2 is 2.27 bits per heavy atom. The quantitative estimate of drug-likeness (QED) is 0.677. The van der Waals surface area contributed by atoms with Crippen LogP contribution >= 0.6 is 27.5 Å². The van der Waals surface area contributed by atoms with Gasteiger partial charge in [0.2, 0.25) is 0 Å². The number of halogens is 2. The van der Waals surface area contributed by atoms with Crippen molar-refractivity contribution in [1.29, 1.82) is 0 Å². The lowest BCUT2D eigenvalue weighted by atomic mass is 10.2. The van der Waals surface area contributed by atoms with Gasteiger partial charge in [0.15, 0.2) is 0 Å². The molecule has 1 fully saturated rings. The predicted molar refractivity (Wildman–Crippen MR) is 48.9 cm³/mol. The molecule has 1 saturated carbocycles. The maximum atomic E-state index is 5.92. The van der Waals surface area contributed by atoms with Crippen LogP contribution in [-0.2, 0) is 0 Å². The van der Waals surface area contributed by atoms with E-state index in [0.29, 0.717) is 11.1 Å². The SMILES string of the molecule is Clc1nccc(Br)c1C1CC1. The van der Waals surface area contributed by atoms with E-state index in [2.05, 4.69) is 20.9 Å². The smallest absolute Gasteiger partial charge is 0.133 e. The maximum Gasteiger partial charge on any atom is 0.133 e. The Balaban J connectivity index is 2.48. The average molecular weight is 233 g/mol. The van der Waals surface area contributed by atoms with Gasteiger partial charge < -0.3 is 0 Å². The monoisotopic (exact) mass is 231 g/mol. The molecule has 1 aromatic rings. The zero-order valence-electron chi connectivity index (χ0n) is 5.85. The summed E-state index contributed by atoms with van der Waals surface area (Å²) in [5, 5.41) is 0.655. The number of hydrogen-bond acceptors (Lipinski definition) is 1. The molecule has 0 saturated heterocycles. The minimum Gasteiger partial charge on any atom is -0.244 e. The van der Waals surface area contributed by atoms with Crippen molar-refractivity contribution in [3.8, 4) is 0 Å². The van der Waals surface area contributed by atoms with Crippen LogP contribution in [0.4, 0.5) is 0 Å². The lowest BCUT2D eigenvalue weighted by Gasteiger charge is -2.02. The summed E-state index contributed by atoms with van der Waals surface area (Å²) in [6.45, 7) is 0. The first-order valence-electron chi connectivity index (χ1n) is 3.59. The third-order valence-electron chi connectivity index (χ3n) is 1.87. The van der Waals surface area contributed by atoms with Gasteiger partial charge >= 0.3 is 0 Å². The molecule has 0 unspecified atom stereocenters. The Morgan fingerprint density at radius 3 is 2.82 bits per heavy atom. The van der Waals surface area contributed by atoms with E-state index in [9.17, 15) is 0 Å². The molecule has 2 rings (SSSR count). The topological polar surface area (TPSA) is 12.9 Å². The third kappa shape index (κ3) is 1.42. The van der Waals surface area contributed by atoms with Crippen LogP contribution in [0.3, 0.4) is 0 Å². The van der Waals surface area contributed by atoms with Gasteiger partial charge in [-0.2, -0.15) is 0 Å². The van der Waals surface area contributed by atoms with Crippen molar-refractivity contribution in [2.45, 2.75) is 18.8 Å². The van der Waals surface area contributed by atoms with E-state index in [1.807, 2.05) is 6.07 Å². The molecule has 3 heteroatoms. The first-order valence-corrected chi connectivity index (χ1v) is 4.76. The average Bonchev–Trinajstić information content (AvgIpc) is 2.70. The molecule has 1 aromatic heterocycles. The van der Waals surface area contributed by atoms with Crippen molar-refractivity contribution < 1.29 is 0 Å². The number of pyridine rings is 1. The van der Waals surface area contributed by atoms with Gasteiger partial charge in [-0.25, -0.2) is 4.98 Å². The summed E-state index contributed by atoms with van der Waals surface area (Å²) >= 11 is 9.39. The van der Waals surface area contributed by atoms with Crippen LogP contribution in [0.2, 0.25) is 5.15 Å². The number of nitrogens with zero attached hydrogens (tertiary/aromatic N) is 1. The molecule has 11 heavy (non-hydrogen) atoms. The normalized spacial score (nSPS) is 16.9. The zero-order chi connectivity index (χ0) is 7.84. The van der Waals surface area contributed by atoms with Crippen molar-refractivity contribution in [1.82, 2.24) is 4.98 Å². The first-order chi connectivity index (χ1) is 5.29. The molecule has 1 aliphatic carbocycles. The molecule has 0 aliphatic heterocycles. The molecule has 0 spiro atoms. The lowest BCUT2D eigenvalue weighted by molar-refractivity contribution is 1.08. The summed E-state index contributed by atoms with van der Waals surface area (Å²) < 4.78 is 1.10. The van der Waals surface area contributed by atoms with Gasteiger partial charge in [0.1, 0.15) is 5.15 Å². The minimum atomic E-state index is 0.655. The summed E-state index contributed by atoms with van der Waals surface area (Å²) in [6.07, 6.45) is 4.23. The summed E-state index contributed by atoms with van der Waals surface area (Å²) in [6, 6.07) is 1.94. The minimum absolute atomic E-state index is 0.655. The Morgan fingerprint density at radius 1 is 1.55 bits per heavy atom. The van der Waals surface area contributed by atoms with E-state index < -0.39 is 0 Å². The van der Waals surface area contributed by atoms with Crippen LogP contribution in [0.15, 0.2) is 16.7 Å². The summed E-state index contributed by atoms with van der Waals surface area (Å²) in [4.78, 5) is 4.04. The molecule has 58 valence electrons. The Labute approximate surface area is 78.9 Å². The van der Waals surface area contributed by atoms with Crippen LogP contribution in [-0.4, -0.2) is 4.98 Å². The fourth-order valence-electron chi connectivity index (χ4n) is 1.16. The molecular weight excluding hydrogens is 225 g/mol. The molecule has 0 amide bonds. The molecule has 0 aromatic carbocycles. The van der Waals surface area contributed by atoms with E-state index in [-0.39, 0.29) is 0 Å². The second-order valence-corrected chi connectivity index (χ2v) is 3.98. The van der Waals surface area contributed by atoms with Gasteiger partial charge in [0.25, 0.3) is 0 Å². The molecule has 1 aliphatic rings. The number of rotatable bonds is 1. The molecule has 1 heterocycles. The van der Waals surface area contributed by atoms with Gasteiger partial charge in [-0.15, -0.1) is 0 Å². The Bertz CT molecular complexity index is 263.